The molecule has 0 unspecified atom stereocenters. The SMILES string of the molecule is COCCOC1CCN(C(=O)c2cnc[nH]2)CC1. The van der Waals surface area contributed by atoms with Gasteiger partial charge in [-0.15, -0.1) is 0 Å². The van der Waals surface area contributed by atoms with Crippen LogP contribution in [0.1, 0.15) is 23.3 Å². The van der Waals surface area contributed by atoms with Crippen molar-refractivity contribution in [2.45, 2.75) is 18.9 Å². The van der Waals surface area contributed by atoms with Crippen molar-refractivity contribution in [3.05, 3.63) is 18.2 Å². The van der Waals surface area contributed by atoms with Crippen LogP contribution in [0.2, 0.25) is 0 Å². The van der Waals surface area contributed by atoms with Crippen LogP contribution in [0.4, 0.5) is 0 Å². The quantitative estimate of drug-likeness (QED) is 0.783. The number of imidazole rings is 1. The number of carbonyl (C=O) groups is 1. The van der Waals surface area contributed by atoms with E-state index in [4.69, 9.17) is 9.47 Å². The summed E-state index contributed by atoms with van der Waals surface area (Å²) in [6, 6.07) is 0. The fourth-order valence-electron chi connectivity index (χ4n) is 2.07. The van der Waals surface area contributed by atoms with Crippen LogP contribution in [0.3, 0.4) is 0 Å². The van der Waals surface area contributed by atoms with Crippen molar-refractivity contribution in [1.29, 1.82) is 0 Å². The fourth-order valence-corrected chi connectivity index (χ4v) is 2.07. The molecule has 0 aliphatic carbocycles. The van der Waals surface area contributed by atoms with Crippen LogP contribution >= 0.6 is 0 Å². The first kappa shape index (κ1) is 13.0. The first-order valence-corrected chi connectivity index (χ1v) is 6.19. The molecule has 0 spiro atoms. The summed E-state index contributed by atoms with van der Waals surface area (Å²) >= 11 is 0. The smallest absolute Gasteiger partial charge is 0.271 e. The molecule has 0 aromatic carbocycles. The summed E-state index contributed by atoms with van der Waals surface area (Å²) in [5.74, 6) is 0.0165. The number of rotatable bonds is 5. The lowest BCUT2D eigenvalue weighted by Crippen LogP contribution is -2.41. The predicted molar refractivity (Wildman–Crippen MR) is 65.3 cm³/mol. The van der Waals surface area contributed by atoms with Gasteiger partial charge in [0.2, 0.25) is 0 Å². The standard InChI is InChI=1S/C12H19N3O3/c1-17-6-7-18-10-2-4-15(5-3-10)12(16)11-8-13-9-14-11/h8-10H,2-7H2,1H3,(H,13,14). The highest BCUT2D eigenvalue weighted by Crippen LogP contribution is 2.15. The summed E-state index contributed by atoms with van der Waals surface area (Å²) in [7, 11) is 1.66. The number of methoxy groups -OCH3 is 1. The number of nitrogens with one attached hydrogen (secondary N) is 1. The molecule has 18 heavy (non-hydrogen) atoms. The van der Waals surface area contributed by atoms with E-state index in [0.29, 0.717) is 18.9 Å². The third kappa shape index (κ3) is 3.30. The Hall–Kier alpha value is -1.40. The molecule has 1 N–H and O–H groups in total. The summed E-state index contributed by atoms with van der Waals surface area (Å²) < 4.78 is 10.6. The molecular weight excluding hydrogens is 234 g/mol. The first-order valence-electron chi connectivity index (χ1n) is 6.19. The second kappa shape index (κ2) is 6.51. The molecule has 1 amide bonds. The van der Waals surface area contributed by atoms with Gasteiger partial charge < -0.3 is 19.4 Å². The first-order chi connectivity index (χ1) is 8.81. The maximum atomic E-state index is 12.0. The zero-order chi connectivity index (χ0) is 12.8. The van der Waals surface area contributed by atoms with Crippen molar-refractivity contribution in [3.63, 3.8) is 0 Å². The molecule has 1 fully saturated rings. The number of amides is 1. The molecule has 2 rings (SSSR count). The van der Waals surface area contributed by atoms with E-state index in [0.717, 1.165) is 25.9 Å². The van der Waals surface area contributed by atoms with Crippen LogP contribution in [0.5, 0.6) is 0 Å². The van der Waals surface area contributed by atoms with Crippen LogP contribution in [-0.4, -0.2) is 60.3 Å². The average Bonchev–Trinajstić information content (AvgIpc) is 2.93. The largest absolute Gasteiger partial charge is 0.382 e. The average molecular weight is 253 g/mol. The number of hydrogen-bond acceptors (Lipinski definition) is 4. The van der Waals surface area contributed by atoms with Crippen LogP contribution in [0.25, 0.3) is 0 Å². The van der Waals surface area contributed by atoms with Gasteiger partial charge in [-0.25, -0.2) is 4.98 Å². The van der Waals surface area contributed by atoms with Crippen molar-refractivity contribution in [3.8, 4) is 0 Å². The molecule has 1 aliphatic heterocycles. The third-order valence-corrected chi connectivity index (χ3v) is 3.10. The second-order valence-corrected chi connectivity index (χ2v) is 4.32. The van der Waals surface area contributed by atoms with Crippen LogP contribution in [0.15, 0.2) is 12.5 Å². The van der Waals surface area contributed by atoms with Crippen LogP contribution in [-0.2, 0) is 9.47 Å². The van der Waals surface area contributed by atoms with Crippen molar-refractivity contribution in [1.82, 2.24) is 14.9 Å². The normalized spacial score (nSPS) is 17.1. The Kier molecular flexibility index (Phi) is 4.72. The Morgan fingerprint density at radius 3 is 2.89 bits per heavy atom. The molecule has 1 aromatic heterocycles. The summed E-state index contributed by atoms with van der Waals surface area (Å²) in [6.07, 6.45) is 5.08. The lowest BCUT2D eigenvalue weighted by atomic mass is 10.1. The molecule has 6 heteroatoms. The number of piperidine rings is 1. The summed E-state index contributed by atoms with van der Waals surface area (Å²) in [5.41, 5.74) is 0.550. The van der Waals surface area contributed by atoms with Gasteiger partial charge in [-0.05, 0) is 12.8 Å². The van der Waals surface area contributed by atoms with E-state index in [9.17, 15) is 4.79 Å². The van der Waals surface area contributed by atoms with E-state index < -0.39 is 0 Å². The zero-order valence-corrected chi connectivity index (χ0v) is 10.6. The van der Waals surface area contributed by atoms with E-state index in [1.165, 1.54) is 6.33 Å². The van der Waals surface area contributed by atoms with Crippen molar-refractivity contribution >= 4 is 5.91 Å². The topological polar surface area (TPSA) is 67.5 Å². The molecule has 1 aliphatic rings. The Morgan fingerprint density at radius 1 is 1.50 bits per heavy atom. The number of carbonyl (C=O) groups excluding carboxylic acids is 1. The van der Waals surface area contributed by atoms with E-state index in [2.05, 4.69) is 9.97 Å². The number of likely N-dealkylation sites (tertiary alicyclic amines) is 1. The van der Waals surface area contributed by atoms with Gasteiger partial charge in [0.15, 0.2) is 0 Å². The second-order valence-electron chi connectivity index (χ2n) is 4.32. The van der Waals surface area contributed by atoms with Gasteiger partial charge in [0.05, 0.1) is 31.8 Å². The molecule has 1 aromatic rings. The lowest BCUT2D eigenvalue weighted by molar-refractivity contribution is -0.0123. The number of aromatic nitrogens is 2. The Bertz CT molecular complexity index is 359. The highest BCUT2D eigenvalue weighted by molar-refractivity contribution is 5.92. The summed E-state index contributed by atoms with van der Waals surface area (Å²) in [4.78, 5) is 20.6. The van der Waals surface area contributed by atoms with Crippen LogP contribution in [0, 0.1) is 0 Å². The highest BCUT2D eigenvalue weighted by atomic mass is 16.5. The van der Waals surface area contributed by atoms with Gasteiger partial charge in [-0.3, -0.25) is 4.79 Å². The van der Waals surface area contributed by atoms with Gasteiger partial charge in [0, 0.05) is 20.2 Å². The number of aromatic amines is 1. The number of ether oxygens (including phenoxy) is 2. The fraction of sp³-hybridized carbons (Fsp3) is 0.667. The number of hydrogen-bond donors (Lipinski definition) is 1. The predicted octanol–water partition coefficient (Wildman–Crippen LogP) is 0.677. The van der Waals surface area contributed by atoms with E-state index >= 15 is 0 Å². The molecule has 6 nitrogen and oxygen atoms in total. The molecule has 0 saturated carbocycles. The van der Waals surface area contributed by atoms with Crippen molar-refractivity contribution in [2.24, 2.45) is 0 Å². The Labute approximate surface area is 106 Å². The number of nitrogens with zero attached hydrogens (tertiary/aromatic N) is 2. The van der Waals surface area contributed by atoms with Gasteiger partial charge in [0.25, 0.3) is 5.91 Å². The monoisotopic (exact) mass is 253 g/mol. The maximum absolute atomic E-state index is 12.0. The zero-order valence-electron chi connectivity index (χ0n) is 10.6. The van der Waals surface area contributed by atoms with E-state index in [-0.39, 0.29) is 12.0 Å². The minimum atomic E-state index is 0.0165. The minimum Gasteiger partial charge on any atom is -0.382 e. The Balaban J connectivity index is 1.75. The van der Waals surface area contributed by atoms with Gasteiger partial charge in [0.1, 0.15) is 5.69 Å². The molecule has 0 bridgehead atoms. The Morgan fingerprint density at radius 2 is 2.28 bits per heavy atom. The molecule has 0 radical (unpaired) electrons. The van der Waals surface area contributed by atoms with Gasteiger partial charge >= 0.3 is 0 Å². The molecular formula is C12H19N3O3. The van der Waals surface area contributed by atoms with E-state index in [1.807, 2.05) is 4.90 Å². The highest BCUT2D eigenvalue weighted by Gasteiger charge is 2.24. The van der Waals surface area contributed by atoms with Gasteiger partial charge in [-0.1, -0.05) is 0 Å². The molecule has 0 atom stereocenters. The van der Waals surface area contributed by atoms with Crippen molar-refractivity contribution in [2.75, 3.05) is 33.4 Å². The molecule has 2 heterocycles. The van der Waals surface area contributed by atoms with E-state index in [1.54, 1.807) is 13.3 Å². The molecule has 100 valence electrons. The third-order valence-electron chi connectivity index (χ3n) is 3.10. The molecule has 1 saturated heterocycles. The van der Waals surface area contributed by atoms with Crippen molar-refractivity contribution < 1.29 is 14.3 Å². The minimum absolute atomic E-state index is 0.0165. The summed E-state index contributed by atoms with van der Waals surface area (Å²) in [6.45, 7) is 2.70. The maximum Gasteiger partial charge on any atom is 0.271 e. The number of H-pyrrole nitrogens is 1. The summed E-state index contributed by atoms with van der Waals surface area (Å²) in [5, 5.41) is 0. The lowest BCUT2D eigenvalue weighted by Gasteiger charge is -2.31. The van der Waals surface area contributed by atoms with Crippen LogP contribution < -0.4 is 0 Å². The van der Waals surface area contributed by atoms with Gasteiger partial charge in [-0.2, -0.15) is 0 Å².